The second-order valence-corrected chi connectivity index (χ2v) is 6.63. The fraction of sp³-hybridized carbons (Fsp3) is 0.429. The molecule has 0 saturated carbocycles. The molecule has 116 valence electrons. The predicted molar refractivity (Wildman–Crippen MR) is 83.3 cm³/mol. The summed E-state index contributed by atoms with van der Waals surface area (Å²) >= 11 is 0. The summed E-state index contributed by atoms with van der Waals surface area (Å²) in [7, 11) is -0.925. The number of rotatable bonds is 6. The molecule has 6 nitrogen and oxygen atoms in total. The molecular formula is C14H20N2O4S. The summed E-state index contributed by atoms with van der Waals surface area (Å²) in [4.78, 5) is 22.9. The van der Waals surface area contributed by atoms with E-state index in [9.17, 15) is 13.8 Å². The van der Waals surface area contributed by atoms with E-state index < -0.39 is 22.8 Å². The van der Waals surface area contributed by atoms with E-state index in [0.717, 1.165) is 5.56 Å². The number of benzene rings is 1. The molecule has 0 aliphatic carbocycles. The van der Waals surface area contributed by atoms with Crippen molar-refractivity contribution in [3.8, 4) is 0 Å². The van der Waals surface area contributed by atoms with Gasteiger partial charge in [-0.15, -0.1) is 0 Å². The second-order valence-electron chi connectivity index (χ2n) is 4.83. The smallest absolute Gasteiger partial charge is 0.337 e. The van der Waals surface area contributed by atoms with E-state index >= 15 is 0 Å². The summed E-state index contributed by atoms with van der Waals surface area (Å²) in [5.41, 5.74) is 1.10. The van der Waals surface area contributed by atoms with Crippen molar-refractivity contribution in [1.82, 2.24) is 5.32 Å². The number of amides is 2. The van der Waals surface area contributed by atoms with Crippen LogP contribution in [0.5, 0.6) is 0 Å². The van der Waals surface area contributed by atoms with E-state index in [0.29, 0.717) is 13.0 Å². The largest absolute Gasteiger partial charge is 0.478 e. The van der Waals surface area contributed by atoms with Crippen LogP contribution >= 0.6 is 0 Å². The summed E-state index contributed by atoms with van der Waals surface area (Å²) in [6, 6.07) is 4.31. The van der Waals surface area contributed by atoms with Gasteiger partial charge in [-0.1, -0.05) is 18.6 Å². The second kappa shape index (κ2) is 7.78. The number of aryl methyl sites for hydroxylation is 1. The van der Waals surface area contributed by atoms with Crippen molar-refractivity contribution < 1.29 is 18.9 Å². The molecule has 1 rings (SSSR count). The van der Waals surface area contributed by atoms with Gasteiger partial charge >= 0.3 is 12.0 Å². The van der Waals surface area contributed by atoms with Gasteiger partial charge in [0.2, 0.25) is 0 Å². The Balaban J connectivity index is 2.59. The maximum Gasteiger partial charge on any atom is 0.337 e. The molecule has 2 amide bonds. The molecule has 0 aliphatic heterocycles. The predicted octanol–water partition coefficient (Wildman–Crippen LogP) is 1.97. The van der Waals surface area contributed by atoms with Gasteiger partial charge in [0.1, 0.15) is 0 Å². The van der Waals surface area contributed by atoms with Gasteiger partial charge in [0.05, 0.1) is 11.3 Å². The first kappa shape index (κ1) is 17.2. The third kappa shape index (κ3) is 5.55. The lowest BCUT2D eigenvalue weighted by Gasteiger charge is -2.12. The van der Waals surface area contributed by atoms with Gasteiger partial charge in [0, 0.05) is 28.9 Å². The third-order valence-corrected chi connectivity index (χ3v) is 4.43. The normalized spacial score (nSPS) is 13.3. The van der Waals surface area contributed by atoms with Crippen LogP contribution in [0.3, 0.4) is 0 Å². The summed E-state index contributed by atoms with van der Waals surface area (Å²) in [6.45, 7) is 4.00. The molecule has 0 aliphatic rings. The molecule has 0 radical (unpaired) electrons. The van der Waals surface area contributed by atoms with Crippen LogP contribution in [0.4, 0.5) is 10.5 Å². The SMILES string of the molecule is Cc1ccc(NC(=O)NCCC(C)S(C)=O)c(C(=O)O)c1. The number of hydrogen-bond acceptors (Lipinski definition) is 3. The molecule has 0 saturated heterocycles. The molecule has 1 aromatic rings. The van der Waals surface area contributed by atoms with Crippen LogP contribution in [0, 0.1) is 6.92 Å². The Bertz CT molecular complexity index is 560. The van der Waals surface area contributed by atoms with Crippen molar-refractivity contribution in [2.45, 2.75) is 25.5 Å². The van der Waals surface area contributed by atoms with Crippen LogP contribution in [-0.4, -0.2) is 39.4 Å². The molecule has 0 bridgehead atoms. The minimum atomic E-state index is -1.09. The van der Waals surface area contributed by atoms with E-state index in [1.807, 2.05) is 6.92 Å². The average Bonchev–Trinajstić information content (AvgIpc) is 2.40. The molecule has 3 N–H and O–H groups in total. The Labute approximate surface area is 126 Å². The minimum Gasteiger partial charge on any atom is -0.478 e. The average molecular weight is 312 g/mol. The molecule has 1 aromatic carbocycles. The first-order chi connectivity index (χ1) is 9.81. The molecule has 7 heteroatoms. The van der Waals surface area contributed by atoms with Crippen LogP contribution in [0.15, 0.2) is 18.2 Å². The van der Waals surface area contributed by atoms with Crippen molar-refractivity contribution in [3.05, 3.63) is 29.3 Å². The number of carboxylic acid groups (broad SMARTS) is 1. The van der Waals surface area contributed by atoms with E-state index in [2.05, 4.69) is 10.6 Å². The number of nitrogens with one attached hydrogen (secondary N) is 2. The highest BCUT2D eigenvalue weighted by Crippen LogP contribution is 2.17. The highest BCUT2D eigenvalue weighted by Gasteiger charge is 2.13. The maximum absolute atomic E-state index is 11.7. The van der Waals surface area contributed by atoms with Crippen molar-refractivity contribution in [2.75, 3.05) is 18.1 Å². The number of urea groups is 1. The monoisotopic (exact) mass is 312 g/mol. The van der Waals surface area contributed by atoms with Crippen LogP contribution in [0.25, 0.3) is 0 Å². The zero-order valence-corrected chi connectivity index (χ0v) is 13.1. The molecule has 0 spiro atoms. The van der Waals surface area contributed by atoms with Crippen molar-refractivity contribution in [1.29, 1.82) is 0 Å². The lowest BCUT2D eigenvalue weighted by atomic mass is 10.1. The van der Waals surface area contributed by atoms with Gasteiger partial charge in [-0.25, -0.2) is 9.59 Å². The van der Waals surface area contributed by atoms with Crippen LogP contribution in [0.1, 0.15) is 29.3 Å². The molecule has 2 unspecified atom stereocenters. The van der Waals surface area contributed by atoms with E-state index in [1.54, 1.807) is 25.3 Å². The number of carbonyl (C=O) groups is 2. The Morgan fingerprint density at radius 1 is 1.38 bits per heavy atom. The van der Waals surface area contributed by atoms with Gasteiger partial charge < -0.3 is 15.7 Å². The van der Waals surface area contributed by atoms with Crippen molar-refractivity contribution in [2.24, 2.45) is 0 Å². The van der Waals surface area contributed by atoms with Gasteiger partial charge in [0.15, 0.2) is 0 Å². The fourth-order valence-corrected chi connectivity index (χ4v) is 2.12. The molecule has 21 heavy (non-hydrogen) atoms. The fourth-order valence-electron chi connectivity index (χ4n) is 1.67. The van der Waals surface area contributed by atoms with Gasteiger partial charge in [-0.2, -0.15) is 0 Å². The van der Waals surface area contributed by atoms with Crippen LogP contribution in [-0.2, 0) is 10.8 Å². The minimum absolute atomic E-state index is 0.000689. The summed E-state index contributed by atoms with van der Waals surface area (Å²) in [5.74, 6) is -1.09. The van der Waals surface area contributed by atoms with Crippen molar-refractivity contribution >= 4 is 28.5 Å². The zero-order valence-electron chi connectivity index (χ0n) is 12.3. The zero-order chi connectivity index (χ0) is 16.0. The van der Waals surface area contributed by atoms with Crippen molar-refractivity contribution in [3.63, 3.8) is 0 Å². The highest BCUT2D eigenvalue weighted by atomic mass is 32.2. The highest BCUT2D eigenvalue weighted by molar-refractivity contribution is 7.84. The Morgan fingerprint density at radius 3 is 2.62 bits per heavy atom. The van der Waals surface area contributed by atoms with E-state index in [1.165, 1.54) is 6.07 Å². The first-order valence-electron chi connectivity index (χ1n) is 6.52. The number of hydrogen-bond donors (Lipinski definition) is 3. The molecule has 0 heterocycles. The Hall–Kier alpha value is -1.89. The number of carbonyl (C=O) groups excluding carboxylic acids is 1. The van der Waals surface area contributed by atoms with Gasteiger partial charge in [0.25, 0.3) is 0 Å². The van der Waals surface area contributed by atoms with E-state index in [4.69, 9.17) is 5.11 Å². The van der Waals surface area contributed by atoms with Gasteiger partial charge in [-0.3, -0.25) is 4.21 Å². The quantitative estimate of drug-likeness (QED) is 0.748. The third-order valence-electron chi connectivity index (χ3n) is 3.06. The first-order valence-corrected chi connectivity index (χ1v) is 8.14. The lowest BCUT2D eigenvalue weighted by Crippen LogP contribution is -2.32. The van der Waals surface area contributed by atoms with Crippen LogP contribution in [0.2, 0.25) is 0 Å². The number of anilines is 1. The molecule has 0 fully saturated rings. The standard InChI is InChI=1S/C14H20N2O4S/c1-9-4-5-12(11(8-9)13(17)18)16-14(19)15-7-6-10(2)21(3)20/h4-5,8,10H,6-7H2,1-3H3,(H,17,18)(H2,15,16,19). The summed E-state index contributed by atoms with van der Waals surface area (Å²) in [6.07, 6.45) is 2.21. The molecule has 2 atom stereocenters. The molecular weight excluding hydrogens is 292 g/mol. The molecule has 0 aromatic heterocycles. The maximum atomic E-state index is 11.7. The van der Waals surface area contributed by atoms with Crippen LogP contribution < -0.4 is 10.6 Å². The van der Waals surface area contributed by atoms with E-state index in [-0.39, 0.29) is 16.5 Å². The summed E-state index contributed by atoms with van der Waals surface area (Å²) in [5, 5.41) is 14.2. The Morgan fingerprint density at radius 2 is 2.05 bits per heavy atom. The lowest BCUT2D eigenvalue weighted by molar-refractivity contribution is 0.0698. The topological polar surface area (TPSA) is 95.5 Å². The van der Waals surface area contributed by atoms with Gasteiger partial charge in [-0.05, 0) is 25.5 Å². The Kier molecular flexibility index (Phi) is 6.36. The summed E-state index contributed by atoms with van der Waals surface area (Å²) < 4.78 is 11.2. The number of carboxylic acids is 1. The number of aromatic carboxylic acids is 1.